The molecule has 1 aliphatic rings. The molecule has 0 saturated heterocycles. The fourth-order valence-corrected chi connectivity index (χ4v) is 2.64. The summed E-state index contributed by atoms with van der Waals surface area (Å²) in [6, 6.07) is 3.97. The summed E-state index contributed by atoms with van der Waals surface area (Å²) < 4.78 is 5.46. The summed E-state index contributed by atoms with van der Waals surface area (Å²) >= 11 is 5.95. The molecule has 0 aliphatic heterocycles. The van der Waals surface area contributed by atoms with E-state index in [0.29, 0.717) is 36.1 Å². The number of aliphatic imine (C=N–C) groups is 1. The SMILES string of the molecule is NC(=NCCOc1ncccc1Cl)NC1CCCCCC1. The second-order valence-corrected chi connectivity index (χ2v) is 5.65. The van der Waals surface area contributed by atoms with Crippen molar-refractivity contribution in [3.8, 4) is 5.88 Å². The number of hydrogen-bond donors (Lipinski definition) is 2. The summed E-state index contributed by atoms with van der Waals surface area (Å²) in [5, 5.41) is 3.80. The Morgan fingerprint density at radius 2 is 2.14 bits per heavy atom. The van der Waals surface area contributed by atoms with Crippen LogP contribution in [0.5, 0.6) is 5.88 Å². The Morgan fingerprint density at radius 3 is 2.86 bits per heavy atom. The van der Waals surface area contributed by atoms with E-state index in [-0.39, 0.29) is 0 Å². The molecule has 1 heterocycles. The van der Waals surface area contributed by atoms with Crippen LogP contribution < -0.4 is 15.8 Å². The molecule has 0 bridgehead atoms. The van der Waals surface area contributed by atoms with Crippen LogP contribution >= 0.6 is 11.6 Å². The largest absolute Gasteiger partial charge is 0.475 e. The molecule has 1 saturated carbocycles. The van der Waals surface area contributed by atoms with Crippen molar-refractivity contribution in [2.24, 2.45) is 10.7 Å². The Labute approximate surface area is 130 Å². The third kappa shape index (κ3) is 5.79. The molecule has 1 aromatic rings. The highest BCUT2D eigenvalue weighted by Gasteiger charge is 2.12. The zero-order valence-corrected chi connectivity index (χ0v) is 13.0. The van der Waals surface area contributed by atoms with E-state index in [4.69, 9.17) is 22.1 Å². The second-order valence-electron chi connectivity index (χ2n) is 5.24. The van der Waals surface area contributed by atoms with Gasteiger partial charge in [0.2, 0.25) is 5.88 Å². The molecule has 1 fully saturated rings. The molecule has 1 aliphatic carbocycles. The number of pyridine rings is 1. The maximum absolute atomic E-state index is 5.95. The van der Waals surface area contributed by atoms with E-state index >= 15 is 0 Å². The number of aromatic nitrogens is 1. The van der Waals surface area contributed by atoms with E-state index < -0.39 is 0 Å². The number of guanidine groups is 1. The first-order chi connectivity index (χ1) is 10.3. The molecule has 0 radical (unpaired) electrons. The molecular formula is C15H23ClN4O. The summed E-state index contributed by atoms with van der Waals surface area (Å²) in [4.78, 5) is 8.33. The van der Waals surface area contributed by atoms with Gasteiger partial charge < -0.3 is 15.8 Å². The Balaban J connectivity index is 1.69. The molecule has 0 spiro atoms. The molecule has 0 atom stereocenters. The van der Waals surface area contributed by atoms with Gasteiger partial charge >= 0.3 is 0 Å². The van der Waals surface area contributed by atoms with E-state index in [9.17, 15) is 0 Å². The summed E-state index contributed by atoms with van der Waals surface area (Å²) in [5.41, 5.74) is 5.91. The van der Waals surface area contributed by atoms with Crippen LogP contribution in [0, 0.1) is 0 Å². The first-order valence-electron chi connectivity index (χ1n) is 7.55. The molecule has 2 rings (SSSR count). The van der Waals surface area contributed by atoms with Crippen molar-refractivity contribution >= 4 is 17.6 Å². The number of nitrogens with zero attached hydrogens (tertiary/aromatic N) is 2. The normalized spacial score (nSPS) is 17.3. The molecular weight excluding hydrogens is 288 g/mol. The smallest absolute Gasteiger partial charge is 0.232 e. The molecule has 21 heavy (non-hydrogen) atoms. The van der Waals surface area contributed by atoms with Crippen molar-refractivity contribution in [2.45, 2.75) is 44.6 Å². The van der Waals surface area contributed by atoms with Gasteiger partial charge in [-0.1, -0.05) is 37.3 Å². The highest BCUT2D eigenvalue weighted by Crippen LogP contribution is 2.19. The lowest BCUT2D eigenvalue weighted by Crippen LogP contribution is -2.40. The third-order valence-electron chi connectivity index (χ3n) is 3.54. The Kier molecular flexibility index (Phi) is 6.60. The van der Waals surface area contributed by atoms with Gasteiger partial charge in [-0.15, -0.1) is 0 Å². The van der Waals surface area contributed by atoms with Gasteiger partial charge in [-0.2, -0.15) is 0 Å². The van der Waals surface area contributed by atoms with Crippen molar-refractivity contribution in [3.05, 3.63) is 23.4 Å². The van der Waals surface area contributed by atoms with Crippen LogP contribution in [0.3, 0.4) is 0 Å². The Morgan fingerprint density at radius 1 is 1.38 bits per heavy atom. The standard InChI is InChI=1S/C15H23ClN4O/c16-13-8-5-9-18-14(13)21-11-10-19-15(17)20-12-6-3-1-2-4-7-12/h5,8-9,12H,1-4,6-7,10-11H2,(H3,17,19,20). The molecule has 1 aromatic heterocycles. The first kappa shape index (κ1) is 15.9. The molecule has 0 unspecified atom stereocenters. The van der Waals surface area contributed by atoms with Crippen molar-refractivity contribution in [2.75, 3.05) is 13.2 Å². The number of rotatable bonds is 5. The van der Waals surface area contributed by atoms with Gasteiger partial charge in [0.15, 0.2) is 5.96 Å². The lowest BCUT2D eigenvalue weighted by atomic mass is 10.1. The average molecular weight is 311 g/mol. The summed E-state index contributed by atoms with van der Waals surface area (Å²) in [6.45, 7) is 0.891. The minimum atomic E-state index is 0.407. The zero-order chi connectivity index (χ0) is 14.9. The highest BCUT2D eigenvalue weighted by molar-refractivity contribution is 6.31. The molecule has 3 N–H and O–H groups in total. The van der Waals surface area contributed by atoms with E-state index in [1.54, 1.807) is 18.3 Å². The van der Waals surface area contributed by atoms with E-state index in [0.717, 1.165) is 0 Å². The predicted octanol–water partition coefficient (Wildman–Crippen LogP) is 2.74. The lowest BCUT2D eigenvalue weighted by molar-refractivity contribution is 0.316. The highest BCUT2D eigenvalue weighted by atomic mass is 35.5. The van der Waals surface area contributed by atoms with Crippen LogP contribution in [-0.4, -0.2) is 30.1 Å². The number of hydrogen-bond acceptors (Lipinski definition) is 3. The number of ether oxygens (including phenoxy) is 1. The van der Waals surface area contributed by atoms with Crippen LogP contribution in [0.2, 0.25) is 5.02 Å². The van der Waals surface area contributed by atoms with Gasteiger partial charge in [-0.25, -0.2) is 9.98 Å². The van der Waals surface area contributed by atoms with Gasteiger partial charge in [0.25, 0.3) is 0 Å². The van der Waals surface area contributed by atoms with E-state index in [1.165, 1.54) is 38.5 Å². The summed E-state index contributed by atoms with van der Waals surface area (Å²) in [6.07, 6.45) is 9.19. The molecule has 5 nitrogen and oxygen atoms in total. The number of halogens is 1. The fourth-order valence-electron chi connectivity index (χ4n) is 2.46. The van der Waals surface area contributed by atoms with Gasteiger partial charge in [0.1, 0.15) is 11.6 Å². The van der Waals surface area contributed by atoms with Crippen LogP contribution in [0.1, 0.15) is 38.5 Å². The van der Waals surface area contributed by atoms with Crippen molar-refractivity contribution in [1.82, 2.24) is 10.3 Å². The topological polar surface area (TPSA) is 72.5 Å². The lowest BCUT2D eigenvalue weighted by Gasteiger charge is -2.16. The monoisotopic (exact) mass is 310 g/mol. The van der Waals surface area contributed by atoms with Crippen LogP contribution in [0.15, 0.2) is 23.3 Å². The second kappa shape index (κ2) is 8.72. The van der Waals surface area contributed by atoms with Gasteiger partial charge in [-0.05, 0) is 25.0 Å². The first-order valence-corrected chi connectivity index (χ1v) is 7.93. The average Bonchev–Trinajstić information content (AvgIpc) is 2.74. The quantitative estimate of drug-likeness (QED) is 0.379. The third-order valence-corrected chi connectivity index (χ3v) is 3.83. The van der Waals surface area contributed by atoms with Crippen molar-refractivity contribution in [1.29, 1.82) is 0 Å². The maximum Gasteiger partial charge on any atom is 0.232 e. The van der Waals surface area contributed by atoms with Gasteiger partial charge in [0.05, 0.1) is 6.54 Å². The summed E-state index contributed by atoms with van der Waals surface area (Å²) in [5.74, 6) is 0.933. The maximum atomic E-state index is 5.95. The van der Waals surface area contributed by atoms with E-state index in [2.05, 4.69) is 15.3 Å². The Bertz CT molecular complexity index is 459. The Hall–Kier alpha value is -1.49. The molecule has 0 amide bonds. The fraction of sp³-hybridized carbons (Fsp3) is 0.600. The van der Waals surface area contributed by atoms with Gasteiger partial charge in [-0.3, -0.25) is 0 Å². The molecule has 6 heteroatoms. The number of nitrogens with one attached hydrogen (secondary N) is 1. The van der Waals surface area contributed by atoms with Crippen LogP contribution in [0.4, 0.5) is 0 Å². The van der Waals surface area contributed by atoms with Crippen molar-refractivity contribution < 1.29 is 4.74 Å². The van der Waals surface area contributed by atoms with Gasteiger partial charge in [0, 0.05) is 12.2 Å². The predicted molar refractivity (Wildman–Crippen MR) is 85.9 cm³/mol. The van der Waals surface area contributed by atoms with Crippen LogP contribution in [-0.2, 0) is 0 Å². The zero-order valence-electron chi connectivity index (χ0n) is 12.2. The number of nitrogens with two attached hydrogens (primary N) is 1. The minimum absolute atomic E-state index is 0.407. The van der Waals surface area contributed by atoms with E-state index in [1.807, 2.05) is 0 Å². The summed E-state index contributed by atoms with van der Waals surface area (Å²) in [7, 11) is 0. The van der Waals surface area contributed by atoms with Crippen molar-refractivity contribution in [3.63, 3.8) is 0 Å². The molecule has 0 aromatic carbocycles. The minimum Gasteiger partial charge on any atom is -0.475 e. The molecule has 116 valence electrons. The van der Waals surface area contributed by atoms with Crippen LogP contribution in [0.25, 0.3) is 0 Å².